The number of carbonyl (C=O) groups excluding carboxylic acids is 1. The van der Waals surface area contributed by atoms with Crippen LogP contribution in [0.25, 0.3) is 0 Å². The standard InChI is InChI=1S/C32H42F3N3O6/c1-18(2)44-28-22(13-10-14-36-28)24-26(43-17-20-15-21(32(33,34)35)16-37-27(20)42-6)23(31(3,4)5)25(30(40)41)38(24)29(39)19-11-8-7-9-12-19/h10,13-16,18-19,23-26H,7-9,11-12,17H2,1-6H3,(H,40,41)/t23-,24+,25+,26-/m1/s1. The number of alkyl halides is 3. The number of carboxylic acids is 1. The van der Waals surface area contributed by atoms with E-state index in [1.807, 2.05) is 34.6 Å². The fraction of sp³-hybridized carbons (Fsp3) is 0.625. The van der Waals surface area contributed by atoms with Crippen LogP contribution < -0.4 is 9.47 Å². The number of ether oxygens (including phenoxy) is 3. The highest BCUT2D eigenvalue weighted by atomic mass is 19.4. The summed E-state index contributed by atoms with van der Waals surface area (Å²) < 4.78 is 58.6. The molecular formula is C32H42F3N3O6. The van der Waals surface area contributed by atoms with Crippen LogP contribution in [0.15, 0.2) is 30.6 Å². The first-order valence-electron chi connectivity index (χ1n) is 15.0. The maximum atomic E-state index is 14.4. The van der Waals surface area contributed by atoms with Crippen molar-refractivity contribution in [3.63, 3.8) is 0 Å². The van der Waals surface area contributed by atoms with Crippen LogP contribution >= 0.6 is 0 Å². The van der Waals surface area contributed by atoms with Crippen molar-refractivity contribution >= 4 is 11.9 Å². The van der Waals surface area contributed by atoms with Gasteiger partial charge in [0.05, 0.1) is 37.5 Å². The minimum atomic E-state index is -4.64. The van der Waals surface area contributed by atoms with E-state index in [2.05, 4.69) is 9.97 Å². The van der Waals surface area contributed by atoms with E-state index in [4.69, 9.17) is 14.2 Å². The highest BCUT2D eigenvalue weighted by Gasteiger charge is 2.60. The number of hydrogen-bond donors (Lipinski definition) is 1. The first kappa shape index (κ1) is 33.5. The minimum Gasteiger partial charge on any atom is -0.481 e. The fourth-order valence-corrected chi connectivity index (χ4v) is 6.55. The molecule has 2 aromatic heterocycles. The topological polar surface area (TPSA) is 111 Å². The monoisotopic (exact) mass is 621 g/mol. The summed E-state index contributed by atoms with van der Waals surface area (Å²) in [5, 5.41) is 10.7. The van der Waals surface area contributed by atoms with Gasteiger partial charge in [0.1, 0.15) is 6.04 Å². The molecule has 1 N–H and O–H groups in total. The predicted octanol–water partition coefficient (Wildman–Crippen LogP) is 6.46. The zero-order valence-electron chi connectivity index (χ0n) is 26.1. The van der Waals surface area contributed by atoms with Crippen LogP contribution in [-0.2, 0) is 27.1 Å². The van der Waals surface area contributed by atoms with Crippen LogP contribution in [0.1, 0.15) is 89.5 Å². The maximum absolute atomic E-state index is 14.4. The molecule has 0 aromatic carbocycles. The van der Waals surface area contributed by atoms with Gasteiger partial charge in [-0.15, -0.1) is 0 Å². The molecule has 2 aromatic rings. The highest BCUT2D eigenvalue weighted by molar-refractivity contribution is 5.87. The molecule has 4 atom stereocenters. The van der Waals surface area contributed by atoms with E-state index >= 15 is 0 Å². The molecule has 0 spiro atoms. The van der Waals surface area contributed by atoms with Crippen molar-refractivity contribution < 1.29 is 42.1 Å². The molecule has 0 radical (unpaired) electrons. The van der Waals surface area contributed by atoms with Crippen molar-refractivity contribution in [3.05, 3.63) is 47.3 Å². The first-order chi connectivity index (χ1) is 20.6. The Balaban J connectivity index is 1.89. The van der Waals surface area contributed by atoms with Crippen molar-refractivity contribution in [2.45, 2.75) is 104 Å². The summed E-state index contributed by atoms with van der Waals surface area (Å²) in [6.45, 7) is 8.91. The van der Waals surface area contributed by atoms with Crippen molar-refractivity contribution in [2.24, 2.45) is 17.3 Å². The van der Waals surface area contributed by atoms with E-state index < -0.39 is 47.2 Å². The van der Waals surface area contributed by atoms with E-state index in [9.17, 15) is 27.9 Å². The molecule has 2 aliphatic rings. The largest absolute Gasteiger partial charge is 0.481 e. The molecule has 1 aliphatic heterocycles. The van der Waals surface area contributed by atoms with Gasteiger partial charge in [-0.1, -0.05) is 40.0 Å². The zero-order chi connectivity index (χ0) is 32.4. The molecule has 1 saturated carbocycles. The summed E-state index contributed by atoms with van der Waals surface area (Å²) in [4.78, 5) is 37.2. The lowest BCUT2D eigenvalue weighted by molar-refractivity contribution is -0.154. The smallest absolute Gasteiger partial charge is 0.417 e. The normalized spacial score (nSPS) is 23.2. The number of carbonyl (C=O) groups is 2. The summed E-state index contributed by atoms with van der Waals surface area (Å²) in [7, 11) is 1.30. The van der Waals surface area contributed by atoms with Gasteiger partial charge in [0.15, 0.2) is 0 Å². The molecular weight excluding hydrogens is 579 g/mol. The van der Waals surface area contributed by atoms with Crippen LogP contribution in [0.3, 0.4) is 0 Å². The number of aromatic nitrogens is 2. The Hall–Kier alpha value is -3.41. The molecule has 1 saturated heterocycles. The zero-order valence-corrected chi connectivity index (χ0v) is 26.1. The molecule has 1 amide bonds. The van der Waals surface area contributed by atoms with Crippen LogP contribution in [0.5, 0.6) is 11.8 Å². The predicted molar refractivity (Wildman–Crippen MR) is 155 cm³/mol. The molecule has 44 heavy (non-hydrogen) atoms. The maximum Gasteiger partial charge on any atom is 0.417 e. The number of hydrogen-bond acceptors (Lipinski definition) is 7. The number of nitrogens with zero attached hydrogens (tertiary/aromatic N) is 3. The molecule has 4 rings (SSSR count). The third kappa shape index (κ3) is 7.11. The van der Waals surface area contributed by atoms with Gasteiger partial charge in [-0.2, -0.15) is 13.2 Å². The second-order valence-corrected chi connectivity index (χ2v) is 12.9. The molecule has 12 heteroatoms. The summed E-state index contributed by atoms with van der Waals surface area (Å²) in [6, 6.07) is 2.13. The van der Waals surface area contributed by atoms with Crippen molar-refractivity contribution in [1.82, 2.24) is 14.9 Å². The average Bonchev–Trinajstić information content (AvgIpc) is 3.31. The average molecular weight is 622 g/mol. The summed E-state index contributed by atoms with van der Waals surface area (Å²) in [5.74, 6) is -2.38. The third-order valence-electron chi connectivity index (χ3n) is 8.41. The van der Waals surface area contributed by atoms with Gasteiger partial charge in [-0.05, 0) is 50.3 Å². The molecule has 3 heterocycles. The van der Waals surface area contributed by atoms with E-state index in [0.717, 1.165) is 25.3 Å². The number of rotatable bonds is 9. The molecule has 1 aliphatic carbocycles. The Morgan fingerprint density at radius 2 is 1.77 bits per heavy atom. The van der Waals surface area contributed by atoms with Crippen LogP contribution in [-0.4, -0.2) is 57.2 Å². The third-order valence-corrected chi connectivity index (χ3v) is 8.41. The number of halogens is 3. The van der Waals surface area contributed by atoms with E-state index in [1.54, 1.807) is 18.3 Å². The number of likely N-dealkylation sites (tertiary alicyclic amines) is 1. The van der Waals surface area contributed by atoms with Gasteiger partial charge >= 0.3 is 12.1 Å². The van der Waals surface area contributed by atoms with Gasteiger partial charge in [-0.3, -0.25) is 4.79 Å². The van der Waals surface area contributed by atoms with Gasteiger partial charge in [-0.25, -0.2) is 14.8 Å². The number of carboxylic acid groups (broad SMARTS) is 1. The van der Waals surface area contributed by atoms with Crippen LogP contribution in [0, 0.1) is 17.3 Å². The highest BCUT2D eigenvalue weighted by Crippen LogP contribution is 2.52. The number of amides is 1. The Kier molecular flexibility index (Phi) is 10.1. The molecule has 2 fully saturated rings. The van der Waals surface area contributed by atoms with E-state index in [1.165, 1.54) is 12.0 Å². The van der Waals surface area contributed by atoms with Gasteiger partial charge in [0, 0.05) is 35.4 Å². The molecule has 9 nitrogen and oxygen atoms in total. The van der Waals surface area contributed by atoms with Crippen molar-refractivity contribution in [2.75, 3.05) is 7.11 Å². The Labute approximate surface area is 256 Å². The lowest BCUT2D eigenvalue weighted by Crippen LogP contribution is -2.49. The van der Waals surface area contributed by atoms with Gasteiger partial charge < -0.3 is 24.2 Å². The van der Waals surface area contributed by atoms with Crippen molar-refractivity contribution in [3.8, 4) is 11.8 Å². The minimum absolute atomic E-state index is 0.0440. The molecule has 0 unspecified atom stereocenters. The van der Waals surface area contributed by atoms with E-state index in [0.29, 0.717) is 24.6 Å². The fourth-order valence-electron chi connectivity index (χ4n) is 6.55. The Morgan fingerprint density at radius 3 is 2.34 bits per heavy atom. The van der Waals surface area contributed by atoms with Gasteiger partial charge in [0.2, 0.25) is 17.7 Å². The van der Waals surface area contributed by atoms with E-state index in [-0.39, 0.29) is 41.9 Å². The summed E-state index contributed by atoms with van der Waals surface area (Å²) in [5.41, 5.74) is -1.15. The Morgan fingerprint density at radius 1 is 1.09 bits per heavy atom. The summed E-state index contributed by atoms with van der Waals surface area (Å²) in [6.07, 6.45) is 0.400. The number of pyridine rings is 2. The SMILES string of the molecule is COc1ncc(C(F)(F)F)cc1CO[C@@H]1[C@H](C(C)(C)C)[C@@H](C(=O)O)N(C(=O)C2CCCCC2)[C@H]1c1cccnc1OC(C)C. The van der Waals surface area contributed by atoms with Gasteiger partial charge in [0.25, 0.3) is 0 Å². The second-order valence-electron chi connectivity index (χ2n) is 12.9. The summed E-state index contributed by atoms with van der Waals surface area (Å²) >= 11 is 0. The molecule has 0 bridgehead atoms. The van der Waals surface area contributed by atoms with Crippen molar-refractivity contribution in [1.29, 1.82) is 0 Å². The number of methoxy groups -OCH3 is 1. The van der Waals surface area contributed by atoms with Crippen LogP contribution in [0.2, 0.25) is 0 Å². The lowest BCUT2D eigenvalue weighted by atomic mass is 9.73. The Bertz CT molecular complexity index is 1320. The lowest BCUT2D eigenvalue weighted by Gasteiger charge is -2.35. The van der Waals surface area contributed by atoms with Crippen LogP contribution in [0.4, 0.5) is 13.2 Å². The number of aliphatic carboxylic acids is 1. The molecule has 242 valence electrons. The second kappa shape index (κ2) is 13.3. The quantitative estimate of drug-likeness (QED) is 0.340. The first-order valence-corrected chi connectivity index (χ1v) is 15.0.